The van der Waals surface area contributed by atoms with E-state index in [9.17, 15) is 18.0 Å². The van der Waals surface area contributed by atoms with E-state index in [4.69, 9.17) is 15.2 Å². The molecular weight excluding hydrogens is 448 g/mol. The van der Waals surface area contributed by atoms with Crippen LogP contribution in [-0.4, -0.2) is 81.5 Å². The van der Waals surface area contributed by atoms with E-state index < -0.39 is 10.0 Å². The molecule has 1 aromatic carbocycles. The van der Waals surface area contributed by atoms with E-state index >= 15 is 0 Å². The molecule has 0 saturated carbocycles. The summed E-state index contributed by atoms with van der Waals surface area (Å²) in [4.78, 5) is 25.8. The van der Waals surface area contributed by atoms with Gasteiger partial charge in [0, 0.05) is 58.2 Å². The van der Waals surface area contributed by atoms with Gasteiger partial charge in [0.1, 0.15) is 13.2 Å². The maximum absolute atomic E-state index is 12.5. The van der Waals surface area contributed by atoms with Gasteiger partial charge >= 0.3 is 0 Å². The molecule has 3 heterocycles. The molecule has 2 fully saturated rings. The van der Waals surface area contributed by atoms with Gasteiger partial charge in [0.05, 0.1) is 4.90 Å². The summed E-state index contributed by atoms with van der Waals surface area (Å²) in [5.74, 6) is 1.21. The highest BCUT2D eigenvalue weighted by Gasteiger charge is 2.26. The van der Waals surface area contributed by atoms with Crippen LogP contribution in [0.5, 0.6) is 11.5 Å². The number of likely N-dealkylation sites (tertiary alicyclic amines) is 2. The summed E-state index contributed by atoms with van der Waals surface area (Å²) < 4.78 is 38.6. The smallest absolute Gasteiger partial charge is 0.240 e. The number of amides is 2. The number of ether oxygens (including phenoxy) is 2. The lowest BCUT2D eigenvalue weighted by atomic mass is 10.1. The van der Waals surface area contributed by atoms with Crippen LogP contribution in [0.15, 0.2) is 23.1 Å². The molecular formula is C22H34N4O6S. The second-order valence-electron chi connectivity index (χ2n) is 8.55. The predicted molar refractivity (Wildman–Crippen MR) is 122 cm³/mol. The summed E-state index contributed by atoms with van der Waals surface area (Å²) in [6, 6.07) is 4.77. The summed E-state index contributed by atoms with van der Waals surface area (Å²) in [6.45, 7) is 6.84. The van der Waals surface area contributed by atoms with Crippen molar-refractivity contribution in [2.24, 2.45) is 5.73 Å². The minimum absolute atomic E-state index is 0.0261. The Morgan fingerprint density at radius 3 is 1.97 bits per heavy atom. The Labute approximate surface area is 195 Å². The number of hydrogen-bond acceptors (Lipinski definition) is 7. The van der Waals surface area contributed by atoms with Crippen LogP contribution in [0.25, 0.3) is 0 Å². The Morgan fingerprint density at radius 1 is 0.909 bits per heavy atom. The molecule has 0 spiro atoms. The number of sulfonamides is 1. The van der Waals surface area contributed by atoms with E-state index in [0.717, 1.165) is 25.9 Å². The van der Waals surface area contributed by atoms with Gasteiger partial charge in [-0.2, -0.15) is 0 Å². The standard InChI is InChI=1S/C15H20N2O5S.C7H14N2O/c1-11(18)17-6-4-12(5-7-17)16-23(19,20)13-2-3-14-15(10-13)22-9-8-21-14;1-6(10)9-4-2-7(8)3-5-9/h2-3,10,12,16H,4-9H2,1H3;7H,2-5,8H2,1H3. The highest BCUT2D eigenvalue weighted by atomic mass is 32.2. The van der Waals surface area contributed by atoms with Crippen molar-refractivity contribution in [2.75, 3.05) is 39.4 Å². The summed E-state index contributed by atoms with van der Waals surface area (Å²) in [5.41, 5.74) is 5.66. The van der Waals surface area contributed by atoms with Crippen LogP contribution < -0.4 is 19.9 Å². The molecule has 2 amide bonds. The van der Waals surface area contributed by atoms with Gasteiger partial charge in [0.2, 0.25) is 21.8 Å². The van der Waals surface area contributed by atoms with Crippen molar-refractivity contribution in [2.45, 2.75) is 56.5 Å². The largest absolute Gasteiger partial charge is 0.486 e. The lowest BCUT2D eigenvalue weighted by Gasteiger charge is -2.31. The molecule has 3 aliphatic rings. The molecule has 11 heteroatoms. The Kier molecular flexibility index (Phi) is 8.55. The first kappa shape index (κ1) is 25.3. The van der Waals surface area contributed by atoms with Crippen LogP contribution in [0.3, 0.4) is 0 Å². The van der Waals surface area contributed by atoms with Crippen LogP contribution >= 0.6 is 0 Å². The fraction of sp³-hybridized carbons (Fsp3) is 0.636. The Morgan fingerprint density at radius 2 is 1.42 bits per heavy atom. The third-order valence-electron chi connectivity index (χ3n) is 6.07. The van der Waals surface area contributed by atoms with Crippen molar-refractivity contribution in [1.82, 2.24) is 14.5 Å². The number of piperidine rings is 2. The van der Waals surface area contributed by atoms with Gasteiger partial charge < -0.3 is 25.0 Å². The molecule has 3 aliphatic heterocycles. The van der Waals surface area contributed by atoms with E-state index in [1.54, 1.807) is 17.9 Å². The fourth-order valence-electron chi connectivity index (χ4n) is 4.00. The van der Waals surface area contributed by atoms with Gasteiger partial charge in [0.25, 0.3) is 0 Å². The van der Waals surface area contributed by atoms with E-state index in [2.05, 4.69) is 4.72 Å². The molecule has 33 heavy (non-hydrogen) atoms. The minimum atomic E-state index is -3.62. The number of carbonyl (C=O) groups excluding carboxylic acids is 2. The van der Waals surface area contributed by atoms with Gasteiger partial charge in [-0.3, -0.25) is 9.59 Å². The van der Waals surface area contributed by atoms with Crippen LogP contribution in [0, 0.1) is 0 Å². The molecule has 0 aromatic heterocycles. The average Bonchev–Trinajstić information content (AvgIpc) is 2.79. The molecule has 4 rings (SSSR count). The SMILES string of the molecule is CC(=O)N1CCC(N)CC1.CC(=O)N1CCC(NS(=O)(=O)c2ccc3c(c2)OCCO3)CC1. The molecule has 0 unspecified atom stereocenters. The topological polar surface area (TPSA) is 131 Å². The maximum atomic E-state index is 12.5. The van der Waals surface area contributed by atoms with Crippen LogP contribution in [0.1, 0.15) is 39.5 Å². The molecule has 0 atom stereocenters. The average molecular weight is 483 g/mol. The van der Waals surface area contributed by atoms with Crippen molar-refractivity contribution in [3.05, 3.63) is 18.2 Å². The first-order valence-electron chi connectivity index (χ1n) is 11.3. The quantitative estimate of drug-likeness (QED) is 0.648. The zero-order valence-corrected chi connectivity index (χ0v) is 20.1. The maximum Gasteiger partial charge on any atom is 0.240 e. The molecule has 0 bridgehead atoms. The monoisotopic (exact) mass is 482 g/mol. The normalized spacial score (nSPS) is 19.5. The van der Waals surface area contributed by atoms with E-state index in [-0.39, 0.29) is 22.8 Å². The Hall–Kier alpha value is -2.37. The first-order valence-corrected chi connectivity index (χ1v) is 12.8. The zero-order chi connectivity index (χ0) is 24.0. The van der Waals surface area contributed by atoms with Gasteiger partial charge in [-0.05, 0) is 37.8 Å². The summed E-state index contributed by atoms with van der Waals surface area (Å²) in [5, 5.41) is 0. The lowest BCUT2D eigenvalue weighted by molar-refractivity contribution is -0.130. The fourth-order valence-corrected chi connectivity index (χ4v) is 5.32. The second-order valence-corrected chi connectivity index (χ2v) is 10.3. The molecule has 184 valence electrons. The number of rotatable bonds is 3. The number of hydrogen-bond donors (Lipinski definition) is 2. The predicted octanol–water partition coefficient (Wildman–Crippen LogP) is 0.703. The van der Waals surface area contributed by atoms with E-state index in [0.29, 0.717) is 56.7 Å². The number of carbonyl (C=O) groups is 2. The van der Waals surface area contributed by atoms with Gasteiger partial charge in [-0.15, -0.1) is 0 Å². The van der Waals surface area contributed by atoms with Gasteiger partial charge in [-0.1, -0.05) is 0 Å². The summed E-state index contributed by atoms with van der Waals surface area (Å²) in [7, 11) is -3.62. The molecule has 2 saturated heterocycles. The van der Waals surface area contributed by atoms with Gasteiger partial charge in [0.15, 0.2) is 11.5 Å². The summed E-state index contributed by atoms with van der Waals surface area (Å²) in [6.07, 6.45) is 3.14. The molecule has 0 aliphatic carbocycles. The molecule has 0 radical (unpaired) electrons. The second kappa shape index (κ2) is 11.2. The third-order valence-corrected chi connectivity index (χ3v) is 7.59. The lowest BCUT2D eigenvalue weighted by Crippen LogP contribution is -2.45. The number of nitrogens with zero attached hydrogens (tertiary/aromatic N) is 2. The zero-order valence-electron chi connectivity index (χ0n) is 19.3. The van der Waals surface area contributed by atoms with E-state index in [1.165, 1.54) is 19.1 Å². The van der Waals surface area contributed by atoms with Crippen molar-refractivity contribution in [3.8, 4) is 11.5 Å². The third kappa shape index (κ3) is 7.05. The minimum Gasteiger partial charge on any atom is -0.486 e. The van der Waals surface area contributed by atoms with Crippen LogP contribution in [0.2, 0.25) is 0 Å². The van der Waals surface area contributed by atoms with Crippen molar-refractivity contribution in [1.29, 1.82) is 0 Å². The Balaban J connectivity index is 0.000000257. The number of nitrogens with two attached hydrogens (primary N) is 1. The van der Waals surface area contributed by atoms with Crippen molar-refractivity contribution in [3.63, 3.8) is 0 Å². The summed E-state index contributed by atoms with van der Waals surface area (Å²) >= 11 is 0. The van der Waals surface area contributed by atoms with Crippen molar-refractivity contribution < 1.29 is 27.5 Å². The first-order chi connectivity index (χ1) is 15.7. The number of fused-ring (bicyclic) bond motifs is 1. The highest BCUT2D eigenvalue weighted by Crippen LogP contribution is 2.32. The number of benzene rings is 1. The molecule has 3 N–H and O–H groups in total. The Bertz CT molecular complexity index is 938. The molecule has 1 aromatic rings. The van der Waals surface area contributed by atoms with Crippen LogP contribution in [0.4, 0.5) is 0 Å². The van der Waals surface area contributed by atoms with Gasteiger partial charge in [-0.25, -0.2) is 13.1 Å². The van der Waals surface area contributed by atoms with Crippen molar-refractivity contribution >= 4 is 21.8 Å². The van der Waals surface area contributed by atoms with E-state index in [1.807, 2.05) is 4.90 Å². The molecule has 10 nitrogen and oxygen atoms in total. The number of nitrogens with one attached hydrogen (secondary N) is 1. The van der Waals surface area contributed by atoms with Crippen LogP contribution in [-0.2, 0) is 19.6 Å². The highest BCUT2D eigenvalue weighted by molar-refractivity contribution is 7.89.